The van der Waals surface area contributed by atoms with Gasteiger partial charge < -0.3 is 10.2 Å². The van der Waals surface area contributed by atoms with Crippen molar-refractivity contribution in [2.45, 2.75) is 39.2 Å². The van der Waals surface area contributed by atoms with Crippen molar-refractivity contribution in [2.75, 3.05) is 18.0 Å². The topological polar surface area (TPSA) is 50.2 Å². The van der Waals surface area contributed by atoms with Gasteiger partial charge in [-0.25, -0.2) is 0 Å². The molecule has 1 saturated heterocycles. The van der Waals surface area contributed by atoms with E-state index in [0.29, 0.717) is 19.4 Å². The third-order valence-corrected chi connectivity index (χ3v) is 4.98. The Morgan fingerprint density at radius 3 is 2.76 bits per heavy atom. The Bertz CT molecular complexity index is 692. The summed E-state index contributed by atoms with van der Waals surface area (Å²) in [5, 5.41) is 7.13. The first kappa shape index (κ1) is 17.5. The maximum Gasteiger partial charge on any atom is 0.220 e. The fourth-order valence-corrected chi connectivity index (χ4v) is 3.43. The standard InChI is InChI=1S/C20H28N4O/c1-16-4-3-13-24(15-16)19-7-5-17(6-8-19)14-21-20(25)10-9-18-11-12-22-23(18)2/h5-8,11-12,16H,3-4,9-10,13-15H2,1-2H3,(H,21,25)/t16-/m0/s1. The Hall–Kier alpha value is -2.30. The highest BCUT2D eigenvalue weighted by molar-refractivity contribution is 5.76. The summed E-state index contributed by atoms with van der Waals surface area (Å²) in [4.78, 5) is 14.5. The molecule has 1 amide bonds. The van der Waals surface area contributed by atoms with Gasteiger partial charge in [-0.15, -0.1) is 0 Å². The minimum absolute atomic E-state index is 0.0788. The molecular weight excluding hydrogens is 312 g/mol. The van der Waals surface area contributed by atoms with Gasteiger partial charge in [0.15, 0.2) is 0 Å². The normalized spacial score (nSPS) is 17.5. The van der Waals surface area contributed by atoms with Crippen LogP contribution >= 0.6 is 0 Å². The third kappa shape index (κ3) is 4.84. The molecule has 2 aromatic rings. The molecule has 0 aliphatic carbocycles. The lowest BCUT2D eigenvalue weighted by Crippen LogP contribution is -2.34. The molecule has 0 spiro atoms. The quantitative estimate of drug-likeness (QED) is 0.880. The zero-order valence-corrected chi connectivity index (χ0v) is 15.2. The molecule has 3 rings (SSSR count). The van der Waals surface area contributed by atoms with Crippen molar-refractivity contribution in [3.8, 4) is 0 Å². The summed E-state index contributed by atoms with van der Waals surface area (Å²) in [6.45, 7) is 5.20. The van der Waals surface area contributed by atoms with E-state index in [4.69, 9.17) is 0 Å². The van der Waals surface area contributed by atoms with Crippen molar-refractivity contribution in [1.82, 2.24) is 15.1 Å². The van der Waals surface area contributed by atoms with E-state index in [1.54, 1.807) is 6.20 Å². The van der Waals surface area contributed by atoms with Crippen molar-refractivity contribution >= 4 is 11.6 Å². The molecule has 5 heteroatoms. The van der Waals surface area contributed by atoms with Gasteiger partial charge >= 0.3 is 0 Å². The summed E-state index contributed by atoms with van der Waals surface area (Å²) >= 11 is 0. The number of piperidine rings is 1. The first-order valence-corrected chi connectivity index (χ1v) is 9.19. The Balaban J connectivity index is 1.45. The number of aryl methyl sites for hydroxylation is 2. The van der Waals surface area contributed by atoms with Crippen LogP contribution in [0.5, 0.6) is 0 Å². The lowest BCUT2D eigenvalue weighted by Gasteiger charge is -2.32. The monoisotopic (exact) mass is 340 g/mol. The summed E-state index contributed by atoms with van der Waals surface area (Å²) in [5.74, 6) is 0.849. The van der Waals surface area contributed by atoms with Crippen LogP contribution in [0.15, 0.2) is 36.5 Å². The van der Waals surface area contributed by atoms with Gasteiger partial charge in [0.1, 0.15) is 0 Å². The highest BCUT2D eigenvalue weighted by atomic mass is 16.1. The van der Waals surface area contributed by atoms with E-state index in [1.165, 1.54) is 18.5 Å². The van der Waals surface area contributed by atoms with Gasteiger partial charge in [0.05, 0.1) is 0 Å². The second kappa shape index (κ2) is 8.19. The van der Waals surface area contributed by atoms with Crippen molar-refractivity contribution in [3.05, 3.63) is 47.8 Å². The van der Waals surface area contributed by atoms with Gasteiger partial charge in [-0.3, -0.25) is 9.48 Å². The molecule has 1 fully saturated rings. The Labute approximate surface area is 150 Å². The average molecular weight is 340 g/mol. The fourth-order valence-electron chi connectivity index (χ4n) is 3.43. The van der Waals surface area contributed by atoms with Crippen LogP contribution in [0.1, 0.15) is 37.4 Å². The summed E-state index contributed by atoms with van der Waals surface area (Å²) in [5.41, 5.74) is 3.51. The number of nitrogens with one attached hydrogen (secondary N) is 1. The molecule has 0 bridgehead atoms. The number of hydrogen-bond donors (Lipinski definition) is 1. The van der Waals surface area contributed by atoms with E-state index in [9.17, 15) is 4.79 Å². The van der Waals surface area contributed by atoms with Crippen molar-refractivity contribution < 1.29 is 4.79 Å². The minimum atomic E-state index is 0.0788. The summed E-state index contributed by atoms with van der Waals surface area (Å²) in [6.07, 6.45) is 5.57. The van der Waals surface area contributed by atoms with E-state index in [0.717, 1.165) is 30.3 Å². The smallest absolute Gasteiger partial charge is 0.220 e. The van der Waals surface area contributed by atoms with Gasteiger partial charge in [-0.05, 0) is 48.9 Å². The van der Waals surface area contributed by atoms with Crippen LogP contribution in [0.3, 0.4) is 0 Å². The van der Waals surface area contributed by atoms with Gasteiger partial charge in [0.2, 0.25) is 5.91 Å². The number of aromatic nitrogens is 2. The highest BCUT2D eigenvalue weighted by Crippen LogP contribution is 2.23. The number of anilines is 1. The van der Waals surface area contributed by atoms with Crippen LogP contribution < -0.4 is 10.2 Å². The van der Waals surface area contributed by atoms with E-state index in [1.807, 2.05) is 17.8 Å². The highest BCUT2D eigenvalue weighted by Gasteiger charge is 2.16. The minimum Gasteiger partial charge on any atom is -0.371 e. The SMILES string of the molecule is C[C@H]1CCCN(c2ccc(CNC(=O)CCc3ccnn3C)cc2)C1. The van der Waals surface area contributed by atoms with Crippen LogP contribution in [-0.2, 0) is 24.8 Å². The molecule has 1 aliphatic rings. The molecule has 0 radical (unpaired) electrons. The molecule has 134 valence electrons. The van der Waals surface area contributed by atoms with Crippen molar-refractivity contribution in [3.63, 3.8) is 0 Å². The van der Waals surface area contributed by atoms with Gasteiger partial charge in [-0.2, -0.15) is 5.10 Å². The maximum atomic E-state index is 12.0. The molecule has 1 aliphatic heterocycles. The fraction of sp³-hybridized carbons (Fsp3) is 0.500. The lowest BCUT2D eigenvalue weighted by atomic mass is 9.99. The maximum absolute atomic E-state index is 12.0. The first-order chi connectivity index (χ1) is 12.1. The molecule has 1 aromatic heterocycles. The predicted molar refractivity (Wildman–Crippen MR) is 100 cm³/mol. The lowest BCUT2D eigenvalue weighted by molar-refractivity contribution is -0.121. The summed E-state index contributed by atoms with van der Waals surface area (Å²) in [7, 11) is 1.90. The van der Waals surface area contributed by atoms with Crippen LogP contribution in [0.2, 0.25) is 0 Å². The molecule has 1 N–H and O–H groups in total. The van der Waals surface area contributed by atoms with E-state index < -0.39 is 0 Å². The molecule has 25 heavy (non-hydrogen) atoms. The van der Waals surface area contributed by atoms with E-state index in [-0.39, 0.29) is 5.91 Å². The van der Waals surface area contributed by atoms with E-state index >= 15 is 0 Å². The van der Waals surface area contributed by atoms with E-state index in [2.05, 4.69) is 46.5 Å². The van der Waals surface area contributed by atoms with Crippen LogP contribution in [0.4, 0.5) is 5.69 Å². The Kier molecular flexibility index (Phi) is 5.74. The Morgan fingerprint density at radius 1 is 1.28 bits per heavy atom. The zero-order chi connectivity index (χ0) is 17.6. The number of rotatable bonds is 6. The van der Waals surface area contributed by atoms with Gasteiger partial charge in [0, 0.05) is 50.7 Å². The second-order valence-corrected chi connectivity index (χ2v) is 7.08. The number of carbonyl (C=O) groups excluding carboxylic acids is 1. The molecule has 0 unspecified atom stereocenters. The first-order valence-electron chi connectivity index (χ1n) is 9.19. The number of carbonyl (C=O) groups is 1. The average Bonchev–Trinajstić information content (AvgIpc) is 3.03. The number of hydrogen-bond acceptors (Lipinski definition) is 3. The van der Waals surface area contributed by atoms with Crippen LogP contribution in [0, 0.1) is 5.92 Å². The number of benzene rings is 1. The van der Waals surface area contributed by atoms with Crippen LogP contribution in [0.25, 0.3) is 0 Å². The summed E-state index contributed by atoms with van der Waals surface area (Å²) < 4.78 is 1.81. The Morgan fingerprint density at radius 2 is 2.08 bits per heavy atom. The third-order valence-electron chi connectivity index (χ3n) is 4.98. The molecule has 1 aromatic carbocycles. The largest absolute Gasteiger partial charge is 0.371 e. The van der Waals surface area contributed by atoms with Crippen LogP contribution in [-0.4, -0.2) is 28.8 Å². The number of amides is 1. The second-order valence-electron chi connectivity index (χ2n) is 7.08. The predicted octanol–water partition coefficient (Wildman–Crippen LogP) is 2.91. The van der Waals surface area contributed by atoms with Crippen molar-refractivity contribution in [1.29, 1.82) is 0 Å². The molecule has 5 nitrogen and oxygen atoms in total. The molecular formula is C20H28N4O. The summed E-state index contributed by atoms with van der Waals surface area (Å²) in [6, 6.07) is 10.5. The molecule has 0 saturated carbocycles. The van der Waals surface area contributed by atoms with Gasteiger partial charge in [0.25, 0.3) is 0 Å². The molecule has 2 heterocycles. The molecule has 1 atom stereocenters. The van der Waals surface area contributed by atoms with Crippen molar-refractivity contribution in [2.24, 2.45) is 13.0 Å². The number of nitrogens with zero attached hydrogens (tertiary/aromatic N) is 3. The zero-order valence-electron chi connectivity index (χ0n) is 15.2. The van der Waals surface area contributed by atoms with Gasteiger partial charge in [-0.1, -0.05) is 19.1 Å².